The van der Waals surface area contributed by atoms with Crippen LogP contribution < -0.4 is 5.32 Å². The third-order valence-corrected chi connectivity index (χ3v) is 4.47. The molecule has 0 aliphatic heterocycles. The molecule has 0 radical (unpaired) electrons. The second kappa shape index (κ2) is 6.32. The molecule has 0 saturated heterocycles. The summed E-state index contributed by atoms with van der Waals surface area (Å²) in [5.74, 6) is -0.751. The van der Waals surface area contributed by atoms with Gasteiger partial charge in [0, 0.05) is 18.8 Å². The molecule has 1 amide bonds. The van der Waals surface area contributed by atoms with E-state index in [9.17, 15) is 13.6 Å². The predicted octanol–water partition coefficient (Wildman–Crippen LogP) is 2.83. The second-order valence-corrected chi connectivity index (χ2v) is 6.08. The van der Waals surface area contributed by atoms with Gasteiger partial charge < -0.3 is 9.84 Å². The molecule has 0 saturated carbocycles. The van der Waals surface area contributed by atoms with Crippen molar-refractivity contribution in [3.05, 3.63) is 53.2 Å². The summed E-state index contributed by atoms with van der Waals surface area (Å²) < 4.78 is 31.3. The van der Waals surface area contributed by atoms with Crippen LogP contribution in [0, 0.1) is 0 Å². The molecule has 1 N–H and O–H groups in total. The first-order valence-corrected chi connectivity index (χ1v) is 8.06. The first kappa shape index (κ1) is 16.4. The van der Waals surface area contributed by atoms with Crippen molar-refractivity contribution in [2.45, 2.75) is 25.3 Å². The van der Waals surface area contributed by atoms with Crippen molar-refractivity contribution in [3.63, 3.8) is 0 Å². The third kappa shape index (κ3) is 2.85. The fourth-order valence-corrected chi connectivity index (χ4v) is 3.18. The molecule has 4 rings (SSSR count). The van der Waals surface area contributed by atoms with Crippen molar-refractivity contribution in [2.24, 2.45) is 7.05 Å². The second-order valence-electron chi connectivity index (χ2n) is 6.08. The molecule has 3 aromatic rings. The molecule has 2 heterocycles. The Morgan fingerprint density at radius 2 is 2.23 bits per heavy atom. The summed E-state index contributed by atoms with van der Waals surface area (Å²) in [6.07, 6.45) is 0.301. The number of carbonyl (C=O) groups is 1. The SMILES string of the molecule is Cn1nccc1C(=O)NC1CCc2cc(-c3noc(C(F)F)n3)ccc21. The van der Waals surface area contributed by atoms with E-state index < -0.39 is 12.3 Å². The molecule has 0 spiro atoms. The molecule has 26 heavy (non-hydrogen) atoms. The van der Waals surface area contributed by atoms with Crippen LogP contribution in [0.25, 0.3) is 11.4 Å². The number of fused-ring (bicyclic) bond motifs is 1. The number of aryl methyl sites for hydroxylation is 2. The summed E-state index contributed by atoms with van der Waals surface area (Å²) in [5.41, 5.74) is 3.13. The molecular formula is C17H15F2N5O2. The van der Waals surface area contributed by atoms with Gasteiger partial charge in [-0.2, -0.15) is 18.9 Å². The number of nitrogens with one attached hydrogen (secondary N) is 1. The maximum absolute atomic E-state index is 12.6. The maximum Gasteiger partial charge on any atom is 0.315 e. The van der Waals surface area contributed by atoms with E-state index in [0.29, 0.717) is 11.3 Å². The lowest BCUT2D eigenvalue weighted by Gasteiger charge is -2.14. The lowest BCUT2D eigenvalue weighted by atomic mass is 10.0. The fourth-order valence-electron chi connectivity index (χ4n) is 3.18. The van der Waals surface area contributed by atoms with Crippen molar-refractivity contribution in [2.75, 3.05) is 0 Å². The van der Waals surface area contributed by atoms with Gasteiger partial charge in [-0.3, -0.25) is 9.48 Å². The summed E-state index contributed by atoms with van der Waals surface area (Å²) in [5, 5.41) is 10.6. The van der Waals surface area contributed by atoms with Crippen LogP contribution in [0.4, 0.5) is 8.78 Å². The number of nitrogens with zero attached hydrogens (tertiary/aromatic N) is 4. The van der Waals surface area contributed by atoms with Gasteiger partial charge in [0.2, 0.25) is 5.82 Å². The minimum atomic E-state index is -2.79. The van der Waals surface area contributed by atoms with E-state index in [1.54, 1.807) is 25.4 Å². The van der Waals surface area contributed by atoms with Gasteiger partial charge in [-0.1, -0.05) is 17.3 Å². The zero-order valence-corrected chi connectivity index (χ0v) is 13.8. The number of carbonyl (C=O) groups excluding carboxylic acids is 1. The lowest BCUT2D eigenvalue weighted by molar-refractivity contribution is 0.0927. The number of halogens is 2. The van der Waals surface area contributed by atoms with Crippen LogP contribution in [-0.2, 0) is 13.5 Å². The van der Waals surface area contributed by atoms with Crippen molar-refractivity contribution in [1.82, 2.24) is 25.2 Å². The molecule has 1 unspecified atom stereocenters. The van der Waals surface area contributed by atoms with E-state index in [-0.39, 0.29) is 17.8 Å². The zero-order chi connectivity index (χ0) is 18.3. The number of alkyl halides is 2. The topological polar surface area (TPSA) is 85.8 Å². The smallest absolute Gasteiger partial charge is 0.315 e. The molecular weight excluding hydrogens is 344 g/mol. The largest absolute Gasteiger partial charge is 0.344 e. The normalized spacial score (nSPS) is 16.1. The monoisotopic (exact) mass is 359 g/mol. The van der Waals surface area contributed by atoms with Crippen LogP contribution in [0.5, 0.6) is 0 Å². The molecule has 134 valence electrons. The van der Waals surface area contributed by atoms with Gasteiger partial charge in [0.1, 0.15) is 5.69 Å². The van der Waals surface area contributed by atoms with E-state index in [4.69, 9.17) is 0 Å². The van der Waals surface area contributed by atoms with Crippen LogP contribution >= 0.6 is 0 Å². The van der Waals surface area contributed by atoms with Crippen LogP contribution in [-0.4, -0.2) is 25.8 Å². The van der Waals surface area contributed by atoms with E-state index >= 15 is 0 Å². The minimum absolute atomic E-state index is 0.108. The average Bonchev–Trinajstić information content (AvgIpc) is 3.34. The Labute approximate surface area is 147 Å². The number of hydrogen-bond donors (Lipinski definition) is 1. The Morgan fingerprint density at radius 1 is 1.38 bits per heavy atom. The first-order valence-electron chi connectivity index (χ1n) is 8.06. The maximum atomic E-state index is 12.6. The molecule has 7 nitrogen and oxygen atoms in total. The van der Waals surface area contributed by atoms with Crippen molar-refractivity contribution in [3.8, 4) is 11.4 Å². The quantitative estimate of drug-likeness (QED) is 0.774. The number of rotatable bonds is 4. The van der Waals surface area contributed by atoms with Crippen molar-refractivity contribution < 1.29 is 18.1 Å². The molecule has 1 aliphatic carbocycles. The predicted molar refractivity (Wildman–Crippen MR) is 86.4 cm³/mol. The molecule has 1 aliphatic rings. The fraction of sp³-hybridized carbons (Fsp3) is 0.294. The summed E-state index contributed by atoms with van der Waals surface area (Å²) in [7, 11) is 1.71. The summed E-state index contributed by atoms with van der Waals surface area (Å²) in [6.45, 7) is 0. The molecule has 1 aromatic carbocycles. The van der Waals surface area contributed by atoms with Gasteiger partial charge in [-0.25, -0.2) is 0 Å². The average molecular weight is 359 g/mol. The Balaban J connectivity index is 1.54. The lowest BCUT2D eigenvalue weighted by Crippen LogP contribution is -2.28. The highest BCUT2D eigenvalue weighted by atomic mass is 19.3. The van der Waals surface area contributed by atoms with Gasteiger partial charge in [-0.15, -0.1) is 0 Å². The summed E-state index contributed by atoms with van der Waals surface area (Å²) >= 11 is 0. The minimum Gasteiger partial charge on any atom is -0.344 e. The highest BCUT2D eigenvalue weighted by Gasteiger charge is 2.26. The van der Waals surface area contributed by atoms with Gasteiger partial charge in [0.15, 0.2) is 0 Å². The van der Waals surface area contributed by atoms with Crippen molar-refractivity contribution in [1.29, 1.82) is 0 Å². The van der Waals surface area contributed by atoms with E-state index in [2.05, 4.69) is 25.1 Å². The molecule has 0 fully saturated rings. The molecule has 1 atom stereocenters. The Kier molecular flexibility index (Phi) is 3.98. The van der Waals surface area contributed by atoms with Gasteiger partial charge in [0.25, 0.3) is 11.8 Å². The molecule has 9 heteroatoms. The molecule has 0 bridgehead atoms. The van der Waals surface area contributed by atoms with Crippen LogP contribution in [0.3, 0.4) is 0 Å². The number of benzene rings is 1. The van der Waals surface area contributed by atoms with E-state index in [0.717, 1.165) is 24.0 Å². The van der Waals surface area contributed by atoms with Gasteiger partial charge >= 0.3 is 6.43 Å². The highest BCUT2D eigenvalue weighted by Crippen LogP contribution is 2.34. The number of hydrogen-bond acceptors (Lipinski definition) is 5. The summed E-state index contributed by atoms with van der Waals surface area (Å²) in [6, 6.07) is 7.01. The highest BCUT2D eigenvalue weighted by molar-refractivity contribution is 5.92. The number of aromatic nitrogens is 4. The molecule has 2 aromatic heterocycles. The zero-order valence-electron chi connectivity index (χ0n) is 13.8. The first-order chi connectivity index (χ1) is 12.5. The van der Waals surface area contributed by atoms with Gasteiger partial charge in [-0.05, 0) is 36.1 Å². The number of amides is 1. The Bertz CT molecular complexity index is 966. The Morgan fingerprint density at radius 3 is 2.92 bits per heavy atom. The van der Waals surface area contributed by atoms with Crippen LogP contribution in [0.2, 0.25) is 0 Å². The van der Waals surface area contributed by atoms with E-state index in [1.165, 1.54) is 4.68 Å². The van der Waals surface area contributed by atoms with Crippen LogP contribution in [0.15, 0.2) is 35.0 Å². The third-order valence-electron chi connectivity index (χ3n) is 4.47. The van der Waals surface area contributed by atoms with E-state index in [1.807, 2.05) is 12.1 Å². The van der Waals surface area contributed by atoms with Crippen LogP contribution in [0.1, 0.15) is 46.4 Å². The van der Waals surface area contributed by atoms with Gasteiger partial charge in [0.05, 0.1) is 6.04 Å². The van der Waals surface area contributed by atoms with Crippen molar-refractivity contribution >= 4 is 5.91 Å². The standard InChI is InChI=1S/C17H15F2N5O2/c1-24-13(6-7-20-24)16(25)21-12-5-3-9-8-10(2-4-11(9)12)15-22-17(14(18)19)26-23-15/h2,4,6-8,12,14H,3,5H2,1H3,(H,21,25). The summed E-state index contributed by atoms with van der Waals surface area (Å²) in [4.78, 5) is 16.1. The Hall–Kier alpha value is -3.10.